The molecule has 6 nitrogen and oxygen atoms in total. The highest BCUT2D eigenvalue weighted by atomic mass is 35.5. The summed E-state index contributed by atoms with van der Waals surface area (Å²) in [6, 6.07) is 0. The summed E-state index contributed by atoms with van der Waals surface area (Å²) in [5.41, 5.74) is 4.88. The number of carbonyl (C=O) groups is 1. The van der Waals surface area contributed by atoms with Crippen molar-refractivity contribution in [3.8, 4) is 0 Å². The van der Waals surface area contributed by atoms with E-state index in [2.05, 4.69) is 5.32 Å². The van der Waals surface area contributed by atoms with E-state index in [-0.39, 0.29) is 18.3 Å². The molecule has 1 aromatic carbocycles. The molecule has 0 unspecified atom stereocenters. The first-order valence-electron chi connectivity index (χ1n) is 9.12. The van der Waals surface area contributed by atoms with Crippen LogP contribution in [0.4, 0.5) is 0 Å². The molecule has 1 heterocycles. The molecular formula is C19H32ClN3O3S. The summed E-state index contributed by atoms with van der Waals surface area (Å²) in [7, 11) is -1.75. The van der Waals surface area contributed by atoms with Crippen LogP contribution in [-0.4, -0.2) is 63.3 Å². The molecule has 0 spiro atoms. The van der Waals surface area contributed by atoms with Gasteiger partial charge in [0.25, 0.3) is 0 Å². The number of halogens is 1. The summed E-state index contributed by atoms with van der Waals surface area (Å²) in [4.78, 5) is 14.3. The van der Waals surface area contributed by atoms with Crippen molar-refractivity contribution in [3.05, 3.63) is 27.8 Å². The standard InChI is InChI=1S/C19H31N3O3S.ClH/c1-13-14(2)16(4)19(17(5)15(13)3)26(24,25)22-11-9-21(10-12-22)18(23)7-8-20-6;/h20H,7-12H2,1-6H3;1H. The first kappa shape index (κ1) is 23.9. The number of carbonyl (C=O) groups excluding carboxylic acids is 1. The summed E-state index contributed by atoms with van der Waals surface area (Å²) in [6.07, 6.45) is 0.442. The van der Waals surface area contributed by atoms with Crippen LogP contribution in [0.25, 0.3) is 0 Å². The van der Waals surface area contributed by atoms with Gasteiger partial charge in [0.15, 0.2) is 0 Å². The van der Waals surface area contributed by atoms with Crippen molar-refractivity contribution in [1.29, 1.82) is 0 Å². The fourth-order valence-electron chi connectivity index (χ4n) is 3.55. The zero-order valence-electron chi connectivity index (χ0n) is 17.2. The van der Waals surface area contributed by atoms with Gasteiger partial charge in [-0.1, -0.05) is 0 Å². The number of hydrogen-bond acceptors (Lipinski definition) is 4. The van der Waals surface area contributed by atoms with Crippen molar-refractivity contribution < 1.29 is 13.2 Å². The van der Waals surface area contributed by atoms with Gasteiger partial charge in [-0.25, -0.2) is 8.42 Å². The van der Waals surface area contributed by atoms with E-state index in [9.17, 15) is 13.2 Å². The van der Waals surface area contributed by atoms with Crippen molar-refractivity contribution in [3.63, 3.8) is 0 Å². The van der Waals surface area contributed by atoms with Gasteiger partial charge in [-0.3, -0.25) is 4.79 Å². The lowest BCUT2D eigenvalue weighted by molar-refractivity contribution is -0.132. The van der Waals surface area contributed by atoms with Gasteiger partial charge in [-0.15, -0.1) is 12.4 Å². The molecule has 0 atom stereocenters. The molecule has 1 aliphatic rings. The van der Waals surface area contributed by atoms with E-state index >= 15 is 0 Å². The van der Waals surface area contributed by atoms with E-state index in [0.717, 1.165) is 27.8 Å². The number of amides is 1. The highest BCUT2D eigenvalue weighted by Gasteiger charge is 2.33. The van der Waals surface area contributed by atoms with Gasteiger partial charge in [0, 0.05) is 39.1 Å². The summed E-state index contributed by atoms with van der Waals surface area (Å²) >= 11 is 0. The first-order valence-corrected chi connectivity index (χ1v) is 10.6. The smallest absolute Gasteiger partial charge is 0.243 e. The Kier molecular flexibility index (Phi) is 8.29. The Morgan fingerprint density at radius 3 is 1.78 bits per heavy atom. The molecule has 0 saturated carbocycles. The minimum Gasteiger partial charge on any atom is -0.340 e. The minimum atomic E-state index is -3.57. The van der Waals surface area contributed by atoms with E-state index in [1.54, 1.807) is 4.90 Å². The average molecular weight is 418 g/mol. The monoisotopic (exact) mass is 417 g/mol. The first-order chi connectivity index (χ1) is 12.1. The number of benzene rings is 1. The van der Waals surface area contributed by atoms with Crippen LogP contribution in [0.1, 0.15) is 34.2 Å². The van der Waals surface area contributed by atoms with Crippen molar-refractivity contribution in [2.75, 3.05) is 39.8 Å². The van der Waals surface area contributed by atoms with E-state index < -0.39 is 10.0 Å². The number of nitrogens with zero attached hydrogens (tertiary/aromatic N) is 2. The second-order valence-electron chi connectivity index (χ2n) is 7.09. The molecule has 154 valence electrons. The molecule has 8 heteroatoms. The zero-order chi connectivity index (χ0) is 19.6. The predicted octanol–water partition coefficient (Wildman–Crippen LogP) is 2.09. The maximum atomic E-state index is 13.3. The van der Waals surface area contributed by atoms with Crippen LogP contribution in [0.3, 0.4) is 0 Å². The normalized spacial score (nSPS) is 15.6. The maximum Gasteiger partial charge on any atom is 0.243 e. The quantitative estimate of drug-likeness (QED) is 0.796. The molecule has 1 aromatic rings. The van der Waals surface area contributed by atoms with Crippen molar-refractivity contribution in [2.45, 2.75) is 45.9 Å². The maximum absolute atomic E-state index is 13.3. The number of hydrogen-bond donors (Lipinski definition) is 1. The average Bonchev–Trinajstić information content (AvgIpc) is 2.62. The van der Waals surface area contributed by atoms with Gasteiger partial charge in [-0.2, -0.15) is 4.31 Å². The lowest BCUT2D eigenvalue weighted by Crippen LogP contribution is -2.51. The molecule has 1 saturated heterocycles. The van der Waals surface area contributed by atoms with Crippen LogP contribution in [0.5, 0.6) is 0 Å². The topological polar surface area (TPSA) is 69.7 Å². The molecule has 1 amide bonds. The predicted molar refractivity (Wildman–Crippen MR) is 111 cm³/mol. The molecule has 1 aliphatic heterocycles. The Hall–Kier alpha value is -1.15. The van der Waals surface area contributed by atoms with Gasteiger partial charge in [0.2, 0.25) is 15.9 Å². The van der Waals surface area contributed by atoms with E-state index in [1.807, 2.05) is 41.7 Å². The van der Waals surface area contributed by atoms with Crippen LogP contribution in [0.15, 0.2) is 4.90 Å². The molecule has 0 aromatic heterocycles. The Morgan fingerprint density at radius 2 is 1.33 bits per heavy atom. The lowest BCUT2D eigenvalue weighted by Gasteiger charge is -2.35. The summed E-state index contributed by atoms with van der Waals surface area (Å²) in [5, 5.41) is 2.97. The van der Waals surface area contributed by atoms with Gasteiger partial charge < -0.3 is 10.2 Å². The summed E-state index contributed by atoms with van der Waals surface area (Å²) < 4.78 is 28.1. The number of sulfonamides is 1. The van der Waals surface area contributed by atoms with E-state index in [4.69, 9.17) is 0 Å². The van der Waals surface area contributed by atoms with Crippen LogP contribution < -0.4 is 5.32 Å². The SMILES string of the molecule is CNCCC(=O)N1CCN(S(=O)(=O)c2c(C)c(C)c(C)c(C)c2C)CC1.Cl. The van der Waals surface area contributed by atoms with Crippen molar-refractivity contribution in [2.24, 2.45) is 0 Å². The molecule has 27 heavy (non-hydrogen) atoms. The Labute approximate surface area is 169 Å². The van der Waals surface area contributed by atoms with Crippen LogP contribution in [0, 0.1) is 34.6 Å². The van der Waals surface area contributed by atoms with Crippen LogP contribution >= 0.6 is 12.4 Å². The second-order valence-corrected chi connectivity index (χ2v) is 8.97. The fraction of sp³-hybridized carbons (Fsp3) is 0.632. The molecule has 2 rings (SSSR count). The van der Waals surface area contributed by atoms with Crippen molar-refractivity contribution in [1.82, 2.24) is 14.5 Å². The van der Waals surface area contributed by atoms with Gasteiger partial charge in [-0.05, 0) is 69.5 Å². The lowest BCUT2D eigenvalue weighted by atomic mass is 9.95. The fourth-order valence-corrected chi connectivity index (χ4v) is 5.53. The third-order valence-corrected chi connectivity index (χ3v) is 7.88. The molecule has 0 bridgehead atoms. The molecule has 1 N–H and O–H groups in total. The third-order valence-electron chi connectivity index (χ3n) is 5.71. The highest BCUT2D eigenvalue weighted by Crippen LogP contribution is 2.31. The molecular weight excluding hydrogens is 386 g/mol. The summed E-state index contributed by atoms with van der Waals surface area (Å²) in [6.45, 7) is 12.0. The van der Waals surface area contributed by atoms with Gasteiger partial charge in [0.1, 0.15) is 0 Å². The highest BCUT2D eigenvalue weighted by molar-refractivity contribution is 7.89. The second kappa shape index (κ2) is 9.37. The molecule has 0 radical (unpaired) electrons. The van der Waals surface area contributed by atoms with Crippen LogP contribution in [0.2, 0.25) is 0 Å². The number of rotatable bonds is 5. The molecule has 1 fully saturated rings. The molecule has 0 aliphatic carbocycles. The minimum absolute atomic E-state index is 0. The zero-order valence-corrected chi connectivity index (χ0v) is 18.8. The Balaban J connectivity index is 0.00000364. The Morgan fingerprint density at radius 1 is 0.889 bits per heavy atom. The van der Waals surface area contributed by atoms with Gasteiger partial charge >= 0.3 is 0 Å². The third kappa shape index (κ3) is 4.65. The number of piperazine rings is 1. The largest absolute Gasteiger partial charge is 0.340 e. The van der Waals surface area contributed by atoms with Gasteiger partial charge in [0.05, 0.1) is 4.90 Å². The van der Waals surface area contributed by atoms with E-state index in [1.165, 1.54) is 4.31 Å². The number of nitrogens with one attached hydrogen (secondary N) is 1. The van der Waals surface area contributed by atoms with Crippen LogP contribution in [-0.2, 0) is 14.8 Å². The Bertz CT molecular complexity index is 772. The van der Waals surface area contributed by atoms with E-state index in [0.29, 0.717) is 44.0 Å². The summed E-state index contributed by atoms with van der Waals surface area (Å²) in [5.74, 6) is 0.0748. The van der Waals surface area contributed by atoms with Crippen molar-refractivity contribution >= 4 is 28.3 Å².